The van der Waals surface area contributed by atoms with Crippen LogP contribution >= 0.6 is 0 Å². The highest BCUT2D eigenvalue weighted by molar-refractivity contribution is 5.89. The van der Waals surface area contributed by atoms with Crippen molar-refractivity contribution >= 4 is 17.6 Å². The fourth-order valence-electron chi connectivity index (χ4n) is 3.12. The van der Waals surface area contributed by atoms with Crippen LogP contribution in [0.2, 0.25) is 0 Å². The van der Waals surface area contributed by atoms with Crippen molar-refractivity contribution < 1.29 is 13.9 Å². The van der Waals surface area contributed by atoms with Gasteiger partial charge in [-0.2, -0.15) is 14.6 Å². The number of halogens is 1. The molecule has 0 N–H and O–H groups in total. The minimum Gasteiger partial charge on any atom is -0.460 e. The summed E-state index contributed by atoms with van der Waals surface area (Å²) in [5.74, 6) is 0.418. The van der Waals surface area contributed by atoms with Gasteiger partial charge in [-0.05, 0) is 37.1 Å². The van der Waals surface area contributed by atoms with Crippen LogP contribution in [0.5, 0.6) is 0 Å². The highest BCUT2D eigenvalue weighted by atomic mass is 19.1. The van der Waals surface area contributed by atoms with E-state index in [0.717, 1.165) is 25.2 Å². The van der Waals surface area contributed by atoms with Crippen molar-refractivity contribution in [3.8, 4) is 0 Å². The van der Waals surface area contributed by atoms with Crippen molar-refractivity contribution in [3.05, 3.63) is 54.2 Å². The average molecular weight is 341 g/mol. The smallest absolute Gasteiger partial charge is 0.338 e. The SMILES string of the molecule is O=C(OC[C@H]1CCCN1c1ccnc2ncnn12)c1cccc(F)c1. The summed E-state index contributed by atoms with van der Waals surface area (Å²) >= 11 is 0. The van der Waals surface area contributed by atoms with Gasteiger partial charge in [0.15, 0.2) is 0 Å². The van der Waals surface area contributed by atoms with E-state index in [0.29, 0.717) is 5.78 Å². The van der Waals surface area contributed by atoms with Crippen molar-refractivity contribution in [3.63, 3.8) is 0 Å². The standard InChI is InChI=1S/C17H16FN5O2/c18-13-4-1-3-12(9-13)16(24)25-10-14-5-2-8-22(14)15-6-7-19-17-20-11-21-23(15)17/h1,3-4,6-7,9,11,14H,2,5,8,10H2/t14-/m1/s1. The van der Waals surface area contributed by atoms with Crippen molar-refractivity contribution in [2.45, 2.75) is 18.9 Å². The van der Waals surface area contributed by atoms with Crippen molar-refractivity contribution in [2.24, 2.45) is 0 Å². The molecule has 1 aliphatic heterocycles. The van der Waals surface area contributed by atoms with Crippen LogP contribution in [0.25, 0.3) is 5.78 Å². The van der Waals surface area contributed by atoms with E-state index in [9.17, 15) is 9.18 Å². The molecule has 0 amide bonds. The Labute approximate surface area is 143 Å². The van der Waals surface area contributed by atoms with E-state index < -0.39 is 11.8 Å². The van der Waals surface area contributed by atoms with Gasteiger partial charge in [0.1, 0.15) is 24.6 Å². The summed E-state index contributed by atoms with van der Waals surface area (Å²) in [5, 5.41) is 4.20. The first-order chi connectivity index (χ1) is 12.2. The maximum absolute atomic E-state index is 13.2. The van der Waals surface area contributed by atoms with Crippen LogP contribution in [-0.4, -0.2) is 44.7 Å². The van der Waals surface area contributed by atoms with Crippen LogP contribution in [0.1, 0.15) is 23.2 Å². The van der Waals surface area contributed by atoms with Crippen molar-refractivity contribution in [1.29, 1.82) is 0 Å². The molecule has 4 rings (SSSR count). The molecule has 0 spiro atoms. The number of rotatable bonds is 4. The molecule has 8 heteroatoms. The molecule has 25 heavy (non-hydrogen) atoms. The lowest BCUT2D eigenvalue weighted by Crippen LogP contribution is -2.35. The molecule has 0 bridgehead atoms. The molecule has 128 valence electrons. The van der Waals surface area contributed by atoms with Crippen molar-refractivity contribution in [1.82, 2.24) is 19.6 Å². The summed E-state index contributed by atoms with van der Waals surface area (Å²) in [7, 11) is 0. The number of ether oxygens (including phenoxy) is 1. The topological polar surface area (TPSA) is 72.6 Å². The number of hydrogen-bond donors (Lipinski definition) is 0. The number of carbonyl (C=O) groups excluding carboxylic acids is 1. The zero-order valence-corrected chi connectivity index (χ0v) is 13.4. The number of nitrogens with zero attached hydrogens (tertiary/aromatic N) is 5. The Morgan fingerprint density at radius 1 is 1.32 bits per heavy atom. The normalized spacial score (nSPS) is 17.2. The first-order valence-corrected chi connectivity index (χ1v) is 8.06. The molecule has 2 aromatic heterocycles. The number of hydrogen-bond acceptors (Lipinski definition) is 6. The van der Waals surface area contributed by atoms with Crippen molar-refractivity contribution in [2.75, 3.05) is 18.1 Å². The van der Waals surface area contributed by atoms with E-state index in [1.54, 1.807) is 16.8 Å². The summed E-state index contributed by atoms with van der Waals surface area (Å²) in [5.41, 5.74) is 0.215. The zero-order valence-electron chi connectivity index (χ0n) is 13.4. The number of carbonyl (C=O) groups is 1. The predicted molar refractivity (Wildman–Crippen MR) is 87.8 cm³/mol. The van der Waals surface area contributed by atoms with Gasteiger partial charge in [0.05, 0.1) is 11.6 Å². The summed E-state index contributed by atoms with van der Waals surface area (Å²) in [6.45, 7) is 1.06. The second-order valence-electron chi connectivity index (χ2n) is 5.87. The second kappa shape index (κ2) is 6.46. The lowest BCUT2D eigenvalue weighted by atomic mass is 10.2. The Morgan fingerprint density at radius 2 is 2.24 bits per heavy atom. The second-order valence-corrected chi connectivity index (χ2v) is 5.87. The Hall–Kier alpha value is -3.03. The van der Waals surface area contributed by atoms with E-state index in [4.69, 9.17) is 4.74 Å². The Bertz CT molecular complexity index is 913. The summed E-state index contributed by atoms with van der Waals surface area (Å²) in [6, 6.07) is 7.41. The van der Waals surface area contributed by atoms with Gasteiger partial charge >= 0.3 is 5.97 Å². The molecule has 1 fully saturated rings. The minimum absolute atomic E-state index is 0.0345. The lowest BCUT2D eigenvalue weighted by Gasteiger charge is -2.26. The van der Waals surface area contributed by atoms with Gasteiger partial charge in [0.25, 0.3) is 5.78 Å². The molecule has 3 heterocycles. The van der Waals surface area contributed by atoms with Crippen LogP contribution < -0.4 is 4.90 Å². The van der Waals surface area contributed by atoms with Gasteiger partial charge in [-0.25, -0.2) is 14.2 Å². The number of fused-ring (bicyclic) bond motifs is 1. The van der Waals surface area contributed by atoms with Gasteiger partial charge in [-0.15, -0.1) is 0 Å². The average Bonchev–Trinajstić information content (AvgIpc) is 3.28. The lowest BCUT2D eigenvalue weighted by molar-refractivity contribution is 0.0482. The minimum atomic E-state index is -0.521. The highest BCUT2D eigenvalue weighted by Crippen LogP contribution is 2.25. The van der Waals surface area contributed by atoms with Gasteiger partial charge < -0.3 is 9.64 Å². The number of anilines is 1. The van der Waals surface area contributed by atoms with Gasteiger partial charge in [-0.3, -0.25) is 0 Å². The van der Waals surface area contributed by atoms with Crippen LogP contribution in [0.4, 0.5) is 10.2 Å². The first-order valence-electron chi connectivity index (χ1n) is 8.06. The summed E-state index contributed by atoms with van der Waals surface area (Å²) in [6.07, 6.45) is 5.03. The molecular weight excluding hydrogens is 325 g/mol. The molecule has 0 radical (unpaired) electrons. The van der Waals surface area contributed by atoms with E-state index >= 15 is 0 Å². The number of esters is 1. The zero-order chi connectivity index (χ0) is 17.2. The molecule has 3 aromatic rings. The summed E-state index contributed by atoms with van der Waals surface area (Å²) < 4.78 is 20.3. The molecule has 1 saturated heterocycles. The molecule has 1 atom stereocenters. The third kappa shape index (κ3) is 3.02. The fourth-order valence-corrected chi connectivity index (χ4v) is 3.12. The van der Waals surface area contributed by atoms with Crippen LogP contribution in [0.15, 0.2) is 42.9 Å². The van der Waals surface area contributed by atoms with Gasteiger partial charge in [0, 0.05) is 12.7 Å². The van der Waals surface area contributed by atoms with E-state index in [1.165, 1.54) is 24.5 Å². The fraction of sp³-hybridized carbons (Fsp3) is 0.294. The highest BCUT2D eigenvalue weighted by Gasteiger charge is 2.28. The Morgan fingerprint density at radius 3 is 3.12 bits per heavy atom. The van der Waals surface area contributed by atoms with Crippen LogP contribution in [0.3, 0.4) is 0 Å². The maximum Gasteiger partial charge on any atom is 0.338 e. The molecule has 7 nitrogen and oxygen atoms in total. The predicted octanol–water partition coefficient (Wildman–Crippen LogP) is 2.09. The van der Waals surface area contributed by atoms with E-state index in [-0.39, 0.29) is 18.2 Å². The third-order valence-electron chi connectivity index (χ3n) is 4.30. The first kappa shape index (κ1) is 15.5. The van der Waals surface area contributed by atoms with Crippen LogP contribution in [0, 0.1) is 5.82 Å². The molecule has 0 saturated carbocycles. The quantitative estimate of drug-likeness (QED) is 0.677. The molecule has 1 aromatic carbocycles. The molecular formula is C17H16FN5O2. The Balaban J connectivity index is 1.49. The molecule has 0 aliphatic carbocycles. The molecule has 1 aliphatic rings. The Kier molecular flexibility index (Phi) is 4.01. The van der Waals surface area contributed by atoms with Gasteiger partial charge in [0.2, 0.25) is 0 Å². The monoisotopic (exact) mass is 341 g/mol. The number of benzene rings is 1. The number of aromatic nitrogens is 4. The van der Waals surface area contributed by atoms with E-state index in [1.807, 2.05) is 6.07 Å². The summed E-state index contributed by atoms with van der Waals surface area (Å²) in [4.78, 5) is 22.5. The largest absolute Gasteiger partial charge is 0.460 e. The van der Waals surface area contributed by atoms with Crippen LogP contribution in [-0.2, 0) is 4.74 Å². The van der Waals surface area contributed by atoms with Gasteiger partial charge in [-0.1, -0.05) is 6.07 Å². The molecule has 0 unspecified atom stereocenters. The van der Waals surface area contributed by atoms with E-state index in [2.05, 4.69) is 20.0 Å². The maximum atomic E-state index is 13.2. The third-order valence-corrected chi connectivity index (χ3v) is 4.30.